The van der Waals surface area contributed by atoms with E-state index in [-0.39, 0.29) is 29.9 Å². The van der Waals surface area contributed by atoms with Crippen LogP contribution in [0.3, 0.4) is 0 Å². The summed E-state index contributed by atoms with van der Waals surface area (Å²) in [6.45, 7) is 5.21. The van der Waals surface area contributed by atoms with Crippen molar-refractivity contribution in [3.05, 3.63) is 45.8 Å². The summed E-state index contributed by atoms with van der Waals surface area (Å²) in [7, 11) is 1.72. The molecule has 3 N–H and O–H groups in total. The lowest BCUT2D eigenvalue weighted by Crippen LogP contribution is -2.38. The number of hydrogen-bond acceptors (Lipinski definition) is 4. The molecule has 2 heterocycles. The van der Waals surface area contributed by atoms with Gasteiger partial charge in [-0.3, -0.25) is 9.79 Å². The van der Waals surface area contributed by atoms with Crippen molar-refractivity contribution in [2.45, 2.75) is 26.8 Å². The van der Waals surface area contributed by atoms with Crippen LogP contribution in [-0.4, -0.2) is 30.4 Å². The number of anilines is 1. The van der Waals surface area contributed by atoms with Gasteiger partial charge in [0.15, 0.2) is 5.96 Å². The maximum Gasteiger partial charge on any atom is 0.227 e. The molecule has 0 aliphatic rings. The summed E-state index contributed by atoms with van der Waals surface area (Å²) in [5, 5.41) is 11.3. The van der Waals surface area contributed by atoms with E-state index in [9.17, 15) is 4.79 Å². The molecule has 25 heavy (non-hydrogen) atoms. The first kappa shape index (κ1) is 21.4. The number of carbonyl (C=O) groups excluding carboxylic acids is 1. The quantitative estimate of drug-likeness (QED) is 0.343. The first-order valence-electron chi connectivity index (χ1n) is 7.79. The van der Waals surface area contributed by atoms with Gasteiger partial charge in [-0.2, -0.15) is 0 Å². The first-order chi connectivity index (χ1) is 11.6. The average Bonchev–Trinajstić information content (AvgIpc) is 2.96. The fourth-order valence-electron chi connectivity index (χ4n) is 2.08. The molecule has 0 saturated heterocycles. The molecule has 0 aromatic carbocycles. The molecule has 2 aromatic heterocycles. The standard InChI is InChI=1S/C17H23N5OS.HI/c1-12-8-10-24-14(12)11-20-17(18-3)19-9-7-16(23)22-15-6-4-5-13(2)21-15;/h4-6,8,10H,7,9,11H2,1-3H3,(H2,18,19,20)(H,21,22,23);1H. The monoisotopic (exact) mass is 473 g/mol. The summed E-state index contributed by atoms with van der Waals surface area (Å²) >= 11 is 1.72. The Hall–Kier alpha value is -1.68. The Morgan fingerprint density at radius 2 is 2.04 bits per heavy atom. The smallest absolute Gasteiger partial charge is 0.227 e. The molecule has 0 spiro atoms. The molecule has 136 valence electrons. The van der Waals surface area contributed by atoms with Crippen molar-refractivity contribution in [1.82, 2.24) is 15.6 Å². The van der Waals surface area contributed by atoms with Crippen LogP contribution in [0.4, 0.5) is 5.82 Å². The van der Waals surface area contributed by atoms with Gasteiger partial charge in [0.25, 0.3) is 0 Å². The zero-order valence-corrected chi connectivity index (χ0v) is 17.8. The predicted molar refractivity (Wildman–Crippen MR) is 115 cm³/mol. The number of guanidine groups is 1. The van der Waals surface area contributed by atoms with Gasteiger partial charge >= 0.3 is 0 Å². The van der Waals surface area contributed by atoms with Crippen LogP contribution in [0.2, 0.25) is 0 Å². The summed E-state index contributed by atoms with van der Waals surface area (Å²) in [6.07, 6.45) is 0.342. The Morgan fingerprint density at radius 3 is 2.68 bits per heavy atom. The van der Waals surface area contributed by atoms with E-state index in [1.807, 2.05) is 19.1 Å². The number of rotatable bonds is 6. The van der Waals surface area contributed by atoms with E-state index < -0.39 is 0 Å². The number of halogens is 1. The third-order valence-electron chi connectivity index (χ3n) is 3.41. The lowest BCUT2D eigenvalue weighted by molar-refractivity contribution is -0.116. The highest BCUT2D eigenvalue weighted by Gasteiger charge is 2.05. The van der Waals surface area contributed by atoms with Crippen LogP contribution < -0.4 is 16.0 Å². The second kappa shape index (κ2) is 11.0. The molecule has 0 bridgehead atoms. The van der Waals surface area contributed by atoms with E-state index in [2.05, 4.69) is 44.3 Å². The zero-order valence-electron chi connectivity index (χ0n) is 14.6. The van der Waals surface area contributed by atoms with Crippen LogP contribution in [0.1, 0.15) is 22.6 Å². The van der Waals surface area contributed by atoms with E-state index in [1.54, 1.807) is 24.5 Å². The number of nitrogens with one attached hydrogen (secondary N) is 3. The van der Waals surface area contributed by atoms with E-state index in [1.165, 1.54) is 10.4 Å². The summed E-state index contributed by atoms with van der Waals surface area (Å²) in [5.74, 6) is 1.19. The largest absolute Gasteiger partial charge is 0.356 e. The third kappa shape index (κ3) is 7.39. The molecule has 2 aromatic rings. The molecule has 8 heteroatoms. The second-order valence-electron chi connectivity index (χ2n) is 5.34. The molecular formula is C17H24IN5OS. The van der Waals surface area contributed by atoms with Gasteiger partial charge in [-0.15, -0.1) is 35.3 Å². The van der Waals surface area contributed by atoms with Crippen LogP contribution in [0, 0.1) is 13.8 Å². The van der Waals surface area contributed by atoms with Crippen LogP contribution >= 0.6 is 35.3 Å². The van der Waals surface area contributed by atoms with Crippen molar-refractivity contribution in [3.8, 4) is 0 Å². The summed E-state index contributed by atoms with van der Waals surface area (Å²) in [6, 6.07) is 7.64. The van der Waals surface area contributed by atoms with Gasteiger partial charge < -0.3 is 16.0 Å². The highest BCUT2D eigenvalue weighted by molar-refractivity contribution is 14.0. The number of amides is 1. The van der Waals surface area contributed by atoms with Gasteiger partial charge in [0.05, 0.1) is 6.54 Å². The van der Waals surface area contributed by atoms with E-state index in [0.29, 0.717) is 24.7 Å². The van der Waals surface area contributed by atoms with Crippen LogP contribution in [0.5, 0.6) is 0 Å². The van der Waals surface area contributed by atoms with Crippen LogP contribution in [-0.2, 0) is 11.3 Å². The van der Waals surface area contributed by atoms with Gasteiger partial charge in [-0.05, 0) is 43.0 Å². The van der Waals surface area contributed by atoms with Gasteiger partial charge in [0.2, 0.25) is 5.91 Å². The Kier molecular flexibility index (Phi) is 9.43. The number of nitrogens with zero attached hydrogens (tertiary/aromatic N) is 2. The van der Waals surface area contributed by atoms with Gasteiger partial charge in [-0.1, -0.05) is 6.07 Å². The lowest BCUT2D eigenvalue weighted by Gasteiger charge is -2.11. The summed E-state index contributed by atoms with van der Waals surface area (Å²) < 4.78 is 0. The van der Waals surface area contributed by atoms with Gasteiger partial charge in [0.1, 0.15) is 5.82 Å². The number of hydrogen-bond donors (Lipinski definition) is 3. The molecule has 0 unspecified atom stereocenters. The van der Waals surface area contributed by atoms with Crippen LogP contribution in [0.25, 0.3) is 0 Å². The van der Waals surface area contributed by atoms with Crippen molar-refractivity contribution >= 4 is 53.0 Å². The van der Waals surface area contributed by atoms with E-state index in [4.69, 9.17) is 0 Å². The SMILES string of the molecule is CN=C(NCCC(=O)Nc1cccc(C)n1)NCc1sccc1C.I. The van der Waals surface area contributed by atoms with Crippen molar-refractivity contribution in [2.24, 2.45) is 4.99 Å². The molecule has 0 atom stereocenters. The topological polar surface area (TPSA) is 78.4 Å². The number of aryl methyl sites for hydroxylation is 2. The molecular weight excluding hydrogens is 449 g/mol. The Morgan fingerprint density at radius 1 is 1.24 bits per heavy atom. The third-order valence-corrected chi connectivity index (χ3v) is 4.43. The fraction of sp³-hybridized carbons (Fsp3) is 0.353. The molecule has 6 nitrogen and oxygen atoms in total. The number of aromatic nitrogens is 1. The van der Waals surface area contributed by atoms with Crippen molar-refractivity contribution in [2.75, 3.05) is 18.9 Å². The molecule has 0 aliphatic carbocycles. The number of thiophene rings is 1. The minimum Gasteiger partial charge on any atom is -0.356 e. The second-order valence-corrected chi connectivity index (χ2v) is 6.34. The molecule has 0 fully saturated rings. The molecule has 0 saturated carbocycles. The number of carbonyl (C=O) groups is 1. The molecule has 2 rings (SSSR count). The van der Waals surface area contributed by atoms with E-state index >= 15 is 0 Å². The van der Waals surface area contributed by atoms with Gasteiger partial charge in [-0.25, -0.2) is 4.98 Å². The Bertz CT molecular complexity index is 717. The average molecular weight is 473 g/mol. The highest BCUT2D eigenvalue weighted by atomic mass is 127. The zero-order chi connectivity index (χ0) is 17.4. The maximum absolute atomic E-state index is 11.9. The first-order valence-corrected chi connectivity index (χ1v) is 8.67. The number of pyridine rings is 1. The van der Waals surface area contributed by atoms with E-state index in [0.717, 1.165) is 12.2 Å². The highest BCUT2D eigenvalue weighted by Crippen LogP contribution is 2.14. The van der Waals surface area contributed by atoms with Crippen molar-refractivity contribution < 1.29 is 4.79 Å². The van der Waals surface area contributed by atoms with Gasteiger partial charge in [0, 0.05) is 30.6 Å². The normalized spacial score (nSPS) is 10.8. The lowest BCUT2D eigenvalue weighted by atomic mass is 10.3. The summed E-state index contributed by atoms with van der Waals surface area (Å²) in [5.41, 5.74) is 2.15. The minimum absolute atomic E-state index is 0. The van der Waals surface area contributed by atoms with Crippen molar-refractivity contribution in [3.63, 3.8) is 0 Å². The fourth-order valence-corrected chi connectivity index (χ4v) is 2.93. The molecule has 0 radical (unpaired) electrons. The predicted octanol–water partition coefficient (Wildman–Crippen LogP) is 3.07. The number of aliphatic imine (C=N–C) groups is 1. The Labute approximate surface area is 169 Å². The Balaban J connectivity index is 0.00000312. The maximum atomic E-state index is 11.9. The van der Waals surface area contributed by atoms with Crippen LogP contribution in [0.15, 0.2) is 34.6 Å². The summed E-state index contributed by atoms with van der Waals surface area (Å²) in [4.78, 5) is 21.6. The molecule has 1 amide bonds. The van der Waals surface area contributed by atoms with Crippen molar-refractivity contribution in [1.29, 1.82) is 0 Å². The molecule has 0 aliphatic heterocycles. The minimum atomic E-state index is -0.0786.